The predicted octanol–water partition coefficient (Wildman–Crippen LogP) is 2.26. The summed E-state index contributed by atoms with van der Waals surface area (Å²) >= 11 is 0. The normalized spacial score (nSPS) is 10.7. The number of ether oxygens (including phenoxy) is 1. The van der Waals surface area contributed by atoms with Crippen molar-refractivity contribution in [3.8, 4) is 17.6 Å². The number of phenols is 1. The summed E-state index contributed by atoms with van der Waals surface area (Å²) in [5.74, 6) is 0.512. The minimum atomic E-state index is -0.432. The summed E-state index contributed by atoms with van der Waals surface area (Å²) in [4.78, 5) is 12.1. The number of nitriles is 1. The van der Waals surface area contributed by atoms with Crippen LogP contribution in [-0.2, 0) is 17.8 Å². The Morgan fingerprint density at radius 3 is 2.65 bits per heavy atom. The van der Waals surface area contributed by atoms with Gasteiger partial charge in [-0.2, -0.15) is 5.26 Å². The highest BCUT2D eigenvalue weighted by Crippen LogP contribution is 2.16. The minimum Gasteiger partial charge on any atom is -0.508 e. The maximum absolute atomic E-state index is 12.1. The van der Waals surface area contributed by atoms with Gasteiger partial charge in [0.15, 0.2) is 0 Å². The lowest BCUT2D eigenvalue weighted by Crippen LogP contribution is -2.27. The highest BCUT2D eigenvalue weighted by atomic mass is 16.5. The van der Waals surface area contributed by atoms with Crippen molar-refractivity contribution in [1.29, 1.82) is 5.26 Å². The van der Waals surface area contributed by atoms with Gasteiger partial charge in [0.1, 0.15) is 23.1 Å². The van der Waals surface area contributed by atoms with E-state index in [1.165, 1.54) is 6.20 Å². The number of nitrogens with zero attached hydrogens (tertiary/aromatic N) is 1. The van der Waals surface area contributed by atoms with Crippen LogP contribution in [0.3, 0.4) is 0 Å². The molecule has 0 saturated carbocycles. The van der Waals surface area contributed by atoms with Crippen molar-refractivity contribution in [1.82, 2.24) is 10.6 Å². The Hall–Kier alpha value is -3.46. The van der Waals surface area contributed by atoms with E-state index >= 15 is 0 Å². The molecule has 0 fully saturated rings. The summed E-state index contributed by atoms with van der Waals surface area (Å²) in [6.45, 7) is 0.838. The molecule has 0 spiro atoms. The lowest BCUT2D eigenvalue weighted by molar-refractivity contribution is -0.117. The first kappa shape index (κ1) is 18.9. The molecule has 0 radical (unpaired) electrons. The molecule has 0 saturated heterocycles. The van der Waals surface area contributed by atoms with Crippen molar-refractivity contribution in [3.63, 3.8) is 0 Å². The molecule has 0 aliphatic carbocycles. The molecule has 0 unspecified atom stereocenters. The lowest BCUT2D eigenvalue weighted by Gasteiger charge is -2.08. The van der Waals surface area contributed by atoms with E-state index in [9.17, 15) is 9.90 Å². The average Bonchev–Trinajstić information content (AvgIpc) is 2.67. The van der Waals surface area contributed by atoms with Crippen LogP contribution in [0.1, 0.15) is 11.1 Å². The first-order chi connectivity index (χ1) is 12.6. The topological polar surface area (TPSA) is 94.4 Å². The Kier molecular flexibility index (Phi) is 7.07. The van der Waals surface area contributed by atoms with Crippen molar-refractivity contribution in [2.75, 3.05) is 13.7 Å². The fourth-order valence-electron chi connectivity index (χ4n) is 2.34. The number of rotatable bonds is 8. The van der Waals surface area contributed by atoms with Gasteiger partial charge in [-0.25, -0.2) is 0 Å². The maximum Gasteiger partial charge on any atom is 0.263 e. The number of hydrogen-bond donors (Lipinski definition) is 3. The van der Waals surface area contributed by atoms with Crippen molar-refractivity contribution >= 4 is 5.91 Å². The van der Waals surface area contributed by atoms with Gasteiger partial charge in [0.2, 0.25) is 0 Å². The number of carbonyl (C=O) groups excluding carboxylic acids is 1. The molecule has 0 aliphatic heterocycles. The monoisotopic (exact) mass is 351 g/mol. The molecule has 6 heteroatoms. The number of aromatic hydroxyl groups is 1. The van der Waals surface area contributed by atoms with E-state index in [0.29, 0.717) is 19.5 Å². The van der Waals surface area contributed by atoms with Crippen LogP contribution >= 0.6 is 0 Å². The molecule has 3 N–H and O–H groups in total. The minimum absolute atomic E-state index is 0.00519. The van der Waals surface area contributed by atoms with Crippen molar-refractivity contribution in [3.05, 3.63) is 71.4 Å². The van der Waals surface area contributed by atoms with E-state index in [1.54, 1.807) is 31.4 Å². The van der Waals surface area contributed by atoms with Gasteiger partial charge >= 0.3 is 0 Å². The fraction of sp³-hybridized carbons (Fsp3) is 0.200. The van der Waals surface area contributed by atoms with E-state index in [-0.39, 0.29) is 11.3 Å². The Balaban J connectivity index is 1.84. The lowest BCUT2D eigenvalue weighted by atomic mass is 10.1. The highest BCUT2D eigenvalue weighted by Gasteiger charge is 2.08. The van der Waals surface area contributed by atoms with E-state index in [4.69, 9.17) is 10.00 Å². The van der Waals surface area contributed by atoms with E-state index in [0.717, 1.165) is 16.9 Å². The second kappa shape index (κ2) is 9.74. The van der Waals surface area contributed by atoms with E-state index in [1.807, 2.05) is 30.3 Å². The zero-order chi connectivity index (χ0) is 18.8. The molecule has 6 nitrogen and oxygen atoms in total. The van der Waals surface area contributed by atoms with Gasteiger partial charge in [-0.3, -0.25) is 4.79 Å². The molecule has 2 rings (SSSR count). The van der Waals surface area contributed by atoms with Crippen LogP contribution in [-0.4, -0.2) is 24.7 Å². The molecule has 0 bridgehead atoms. The van der Waals surface area contributed by atoms with Gasteiger partial charge in [0, 0.05) is 24.9 Å². The third-order valence-corrected chi connectivity index (χ3v) is 3.73. The summed E-state index contributed by atoms with van der Waals surface area (Å²) in [6.07, 6.45) is 2.02. The Labute approximate surface area is 152 Å². The Bertz CT molecular complexity index is 808. The number of hydrogen-bond acceptors (Lipinski definition) is 5. The molecule has 26 heavy (non-hydrogen) atoms. The van der Waals surface area contributed by atoms with Crippen LogP contribution in [0.5, 0.6) is 11.5 Å². The molecular formula is C20H21N3O3. The molecule has 0 atom stereocenters. The van der Waals surface area contributed by atoms with Gasteiger partial charge in [-0.15, -0.1) is 0 Å². The first-order valence-corrected chi connectivity index (χ1v) is 8.15. The second-order valence-corrected chi connectivity index (χ2v) is 5.53. The summed E-state index contributed by atoms with van der Waals surface area (Å²) in [6, 6.07) is 16.2. The quantitative estimate of drug-likeness (QED) is 0.501. The van der Waals surface area contributed by atoms with Crippen LogP contribution < -0.4 is 15.4 Å². The van der Waals surface area contributed by atoms with Crippen molar-refractivity contribution in [2.24, 2.45) is 0 Å². The van der Waals surface area contributed by atoms with Gasteiger partial charge in [-0.05, 0) is 30.2 Å². The van der Waals surface area contributed by atoms with Gasteiger partial charge in [0.25, 0.3) is 5.91 Å². The maximum atomic E-state index is 12.1. The summed E-state index contributed by atoms with van der Waals surface area (Å²) in [7, 11) is 1.59. The predicted molar refractivity (Wildman–Crippen MR) is 98.4 cm³/mol. The molecule has 1 amide bonds. The zero-order valence-corrected chi connectivity index (χ0v) is 14.5. The number of phenolic OH excluding ortho intramolecular Hbond substituents is 1. The first-order valence-electron chi connectivity index (χ1n) is 8.15. The number of para-hydroxylation sites is 1. The van der Waals surface area contributed by atoms with Crippen LogP contribution in [0, 0.1) is 11.3 Å². The number of methoxy groups -OCH3 is 1. The molecule has 0 aromatic heterocycles. The van der Waals surface area contributed by atoms with Crippen molar-refractivity contribution in [2.45, 2.75) is 13.0 Å². The van der Waals surface area contributed by atoms with E-state index in [2.05, 4.69) is 10.6 Å². The molecule has 0 heterocycles. The number of benzene rings is 2. The molecule has 0 aliphatic rings. The van der Waals surface area contributed by atoms with Crippen molar-refractivity contribution < 1.29 is 14.6 Å². The van der Waals surface area contributed by atoms with Crippen LogP contribution in [0.2, 0.25) is 0 Å². The number of amides is 1. The SMILES string of the molecule is COc1ccccc1CN/C=C(/C#N)C(=O)NCCc1ccc(O)cc1. The Morgan fingerprint density at radius 1 is 1.23 bits per heavy atom. The van der Waals surface area contributed by atoms with Gasteiger partial charge in [0.05, 0.1) is 7.11 Å². The standard InChI is InChI=1S/C20H21N3O3/c1-26-19-5-3-2-4-16(19)13-22-14-17(12-21)20(25)23-11-10-15-6-8-18(24)9-7-15/h2-9,14,22,24H,10-11,13H2,1H3,(H,23,25)/b17-14-. The summed E-state index contributed by atoms with van der Waals surface area (Å²) < 4.78 is 5.26. The largest absolute Gasteiger partial charge is 0.508 e. The summed E-state index contributed by atoms with van der Waals surface area (Å²) in [5.41, 5.74) is 1.92. The fourth-order valence-corrected chi connectivity index (χ4v) is 2.34. The van der Waals surface area contributed by atoms with Gasteiger partial charge < -0.3 is 20.5 Å². The van der Waals surface area contributed by atoms with E-state index < -0.39 is 5.91 Å². The molecule has 2 aromatic carbocycles. The van der Waals surface area contributed by atoms with Gasteiger partial charge in [-0.1, -0.05) is 30.3 Å². The van der Waals surface area contributed by atoms with Crippen LogP contribution in [0.15, 0.2) is 60.3 Å². The average molecular weight is 351 g/mol. The number of carbonyl (C=O) groups is 1. The third-order valence-electron chi connectivity index (χ3n) is 3.73. The zero-order valence-electron chi connectivity index (χ0n) is 14.5. The second-order valence-electron chi connectivity index (χ2n) is 5.53. The molecule has 134 valence electrons. The highest BCUT2D eigenvalue weighted by molar-refractivity contribution is 5.97. The number of nitrogens with one attached hydrogen (secondary N) is 2. The molecule has 2 aromatic rings. The third kappa shape index (κ3) is 5.56. The smallest absolute Gasteiger partial charge is 0.263 e. The van der Waals surface area contributed by atoms with Crippen LogP contribution in [0.4, 0.5) is 0 Å². The summed E-state index contributed by atoms with van der Waals surface area (Å²) in [5, 5.41) is 24.1. The molecular weight excluding hydrogens is 330 g/mol. The Morgan fingerprint density at radius 2 is 1.96 bits per heavy atom. The van der Waals surface area contributed by atoms with Crippen LogP contribution in [0.25, 0.3) is 0 Å².